The standard InChI is InChI=1S/C12H16F2N2O2/c1-3-18-10(17)4-9-7(2)11(12(13)14)16-6-8(9)5-15/h6,12H,3-5,15H2,1-2H3. The molecule has 1 aromatic heterocycles. The fraction of sp³-hybridized carbons (Fsp3) is 0.500. The number of hydrogen-bond donors (Lipinski definition) is 1. The van der Waals surface area contributed by atoms with E-state index in [9.17, 15) is 13.6 Å². The van der Waals surface area contributed by atoms with Crippen molar-refractivity contribution in [1.29, 1.82) is 0 Å². The molecular weight excluding hydrogens is 242 g/mol. The lowest BCUT2D eigenvalue weighted by molar-refractivity contribution is -0.142. The second-order valence-corrected chi connectivity index (χ2v) is 3.76. The minimum Gasteiger partial charge on any atom is -0.466 e. The number of rotatable bonds is 5. The molecule has 0 unspecified atom stereocenters. The Kier molecular flexibility index (Phi) is 5.15. The van der Waals surface area contributed by atoms with Crippen molar-refractivity contribution in [2.24, 2.45) is 5.73 Å². The van der Waals surface area contributed by atoms with E-state index in [0.29, 0.717) is 16.7 Å². The summed E-state index contributed by atoms with van der Waals surface area (Å²) in [5, 5.41) is 0. The van der Waals surface area contributed by atoms with Gasteiger partial charge in [0.25, 0.3) is 6.43 Å². The van der Waals surface area contributed by atoms with E-state index < -0.39 is 12.4 Å². The minimum absolute atomic E-state index is 0.0611. The van der Waals surface area contributed by atoms with Crippen molar-refractivity contribution in [1.82, 2.24) is 4.98 Å². The van der Waals surface area contributed by atoms with Crippen LogP contribution in [0.1, 0.15) is 35.7 Å². The van der Waals surface area contributed by atoms with E-state index in [0.717, 1.165) is 0 Å². The van der Waals surface area contributed by atoms with Crippen molar-refractivity contribution in [2.45, 2.75) is 33.2 Å². The van der Waals surface area contributed by atoms with E-state index >= 15 is 0 Å². The van der Waals surface area contributed by atoms with Gasteiger partial charge in [-0.1, -0.05) is 0 Å². The number of carbonyl (C=O) groups excluding carboxylic acids is 1. The lowest BCUT2D eigenvalue weighted by atomic mass is 9.99. The van der Waals surface area contributed by atoms with Gasteiger partial charge in [0.05, 0.1) is 13.0 Å². The SMILES string of the molecule is CCOC(=O)Cc1c(CN)cnc(C(F)F)c1C. The third-order valence-corrected chi connectivity index (χ3v) is 2.64. The molecule has 0 aromatic carbocycles. The van der Waals surface area contributed by atoms with Crippen LogP contribution in [-0.4, -0.2) is 17.6 Å². The molecule has 0 fully saturated rings. The normalized spacial score (nSPS) is 10.8. The van der Waals surface area contributed by atoms with Gasteiger partial charge in [-0.15, -0.1) is 0 Å². The quantitative estimate of drug-likeness (QED) is 0.819. The first-order chi connectivity index (χ1) is 8.51. The number of hydrogen-bond acceptors (Lipinski definition) is 4. The summed E-state index contributed by atoms with van der Waals surface area (Å²) in [6.07, 6.45) is -1.44. The molecule has 0 aliphatic heterocycles. The summed E-state index contributed by atoms with van der Waals surface area (Å²) in [4.78, 5) is 15.1. The molecule has 0 aliphatic rings. The Labute approximate surface area is 104 Å². The molecule has 4 nitrogen and oxygen atoms in total. The molecule has 100 valence electrons. The zero-order chi connectivity index (χ0) is 13.7. The number of nitrogens with zero attached hydrogens (tertiary/aromatic N) is 1. The van der Waals surface area contributed by atoms with Gasteiger partial charge in [-0.3, -0.25) is 9.78 Å². The molecule has 0 amide bonds. The predicted molar refractivity (Wildman–Crippen MR) is 62.2 cm³/mol. The van der Waals surface area contributed by atoms with Crippen LogP contribution in [0.2, 0.25) is 0 Å². The molecule has 18 heavy (non-hydrogen) atoms. The van der Waals surface area contributed by atoms with E-state index in [2.05, 4.69) is 4.98 Å². The molecular formula is C12H16F2N2O2. The topological polar surface area (TPSA) is 65.2 Å². The number of aromatic nitrogens is 1. The van der Waals surface area contributed by atoms with Crippen molar-refractivity contribution < 1.29 is 18.3 Å². The molecule has 1 aromatic rings. The summed E-state index contributed by atoms with van der Waals surface area (Å²) >= 11 is 0. The fourth-order valence-electron chi connectivity index (χ4n) is 1.72. The highest BCUT2D eigenvalue weighted by molar-refractivity contribution is 5.73. The Morgan fingerprint density at radius 1 is 1.56 bits per heavy atom. The molecule has 1 rings (SSSR count). The zero-order valence-electron chi connectivity index (χ0n) is 10.4. The van der Waals surface area contributed by atoms with Gasteiger partial charge in [0.1, 0.15) is 5.69 Å². The molecule has 0 spiro atoms. The van der Waals surface area contributed by atoms with Gasteiger partial charge in [0.2, 0.25) is 0 Å². The average Bonchev–Trinajstić information content (AvgIpc) is 2.31. The second kappa shape index (κ2) is 6.39. The Bertz CT molecular complexity index is 436. The largest absolute Gasteiger partial charge is 0.466 e. The Hall–Kier alpha value is -1.56. The van der Waals surface area contributed by atoms with Gasteiger partial charge < -0.3 is 10.5 Å². The molecule has 0 saturated carbocycles. The molecule has 0 bridgehead atoms. The maximum Gasteiger partial charge on any atom is 0.310 e. The van der Waals surface area contributed by atoms with Gasteiger partial charge in [0, 0.05) is 12.7 Å². The van der Waals surface area contributed by atoms with Crippen molar-refractivity contribution in [3.8, 4) is 0 Å². The fourth-order valence-corrected chi connectivity index (χ4v) is 1.72. The number of ether oxygens (including phenoxy) is 1. The van der Waals surface area contributed by atoms with Gasteiger partial charge in [-0.25, -0.2) is 8.78 Å². The number of halogens is 2. The van der Waals surface area contributed by atoms with Crippen molar-refractivity contribution in [3.63, 3.8) is 0 Å². The number of pyridine rings is 1. The van der Waals surface area contributed by atoms with E-state index in [4.69, 9.17) is 10.5 Å². The smallest absolute Gasteiger partial charge is 0.310 e. The van der Waals surface area contributed by atoms with Crippen LogP contribution in [0.25, 0.3) is 0 Å². The van der Waals surface area contributed by atoms with Crippen molar-refractivity contribution in [3.05, 3.63) is 28.6 Å². The summed E-state index contributed by atoms with van der Waals surface area (Å²) in [6.45, 7) is 3.60. The lowest BCUT2D eigenvalue weighted by Gasteiger charge is -2.13. The molecule has 2 N–H and O–H groups in total. The van der Waals surface area contributed by atoms with Crippen LogP contribution in [-0.2, 0) is 22.5 Å². The van der Waals surface area contributed by atoms with Crippen LogP contribution in [0.4, 0.5) is 8.78 Å². The maximum atomic E-state index is 12.7. The first-order valence-electron chi connectivity index (χ1n) is 5.62. The third-order valence-electron chi connectivity index (χ3n) is 2.64. The Balaban J connectivity index is 3.13. The lowest BCUT2D eigenvalue weighted by Crippen LogP contribution is -2.14. The molecule has 0 atom stereocenters. The highest BCUT2D eigenvalue weighted by atomic mass is 19.3. The maximum absolute atomic E-state index is 12.7. The third kappa shape index (κ3) is 3.22. The Morgan fingerprint density at radius 2 is 2.22 bits per heavy atom. The summed E-state index contributed by atoms with van der Waals surface area (Å²) < 4.78 is 30.3. The van der Waals surface area contributed by atoms with Crippen LogP contribution in [0.3, 0.4) is 0 Å². The van der Waals surface area contributed by atoms with E-state index in [1.165, 1.54) is 13.1 Å². The number of nitrogens with two attached hydrogens (primary N) is 1. The number of alkyl halides is 2. The molecule has 0 radical (unpaired) electrons. The van der Waals surface area contributed by atoms with Crippen molar-refractivity contribution in [2.75, 3.05) is 6.61 Å². The van der Waals surface area contributed by atoms with E-state index in [1.807, 2.05) is 0 Å². The second-order valence-electron chi connectivity index (χ2n) is 3.76. The first kappa shape index (κ1) is 14.5. The minimum atomic E-state index is -2.67. The van der Waals surface area contributed by atoms with Crippen LogP contribution >= 0.6 is 0 Å². The average molecular weight is 258 g/mol. The van der Waals surface area contributed by atoms with Crippen LogP contribution in [0, 0.1) is 6.92 Å². The van der Waals surface area contributed by atoms with Gasteiger partial charge in [-0.2, -0.15) is 0 Å². The molecule has 0 aliphatic carbocycles. The monoisotopic (exact) mass is 258 g/mol. The van der Waals surface area contributed by atoms with Crippen LogP contribution in [0.5, 0.6) is 0 Å². The molecule has 1 heterocycles. The molecule has 0 saturated heterocycles. The first-order valence-corrected chi connectivity index (χ1v) is 5.62. The molecule has 6 heteroatoms. The van der Waals surface area contributed by atoms with Gasteiger partial charge >= 0.3 is 5.97 Å². The number of carbonyl (C=O) groups is 1. The summed E-state index contributed by atoms with van der Waals surface area (Å²) in [5.41, 5.74) is 6.58. The van der Waals surface area contributed by atoms with Gasteiger partial charge in [0.15, 0.2) is 0 Å². The van der Waals surface area contributed by atoms with Gasteiger partial charge in [-0.05, 0) is 30.5 Å². The zero-order valence-corrected chi connectivity index (χ0v) is 10.4. The van der Waals surface area contributed by atoms with E-state index in [-0.39, 0.29) is 25.3 Å². The van der Waals surface area contributed by atoms with Crippen molar-refractivity contribution >= 4 is 5.97 Å². The predicted octanol–water partition coefficient (Wildman–Crippen LogP) is 1.89. The summed E-state index contributed by atoms with van der Waals surface area (Å²) in [6, 6.07) is 0. The Morgan fingerprint density at radius 3 is 2.72 bits per heavy atom. The summed E-state index contributed by atoms with van der Waals surface area (Å²) in [5.74, 6) is -0.457. The highest BCUT2D eigenvalue weighted by Crippen LogP contribution is 2.25. The number of esters is 1. The highest BCUT2D eigenvalue weighted by Gasteiger charge is 2.19. The van der Waals surface area contributed by atoms with Crippen LogP contribution in [0.15, 0.2) is 6.20 Å². The van der Waals surface area contributed by atoms with Crippen LogP contribution < -0.4 is 5.73 Å². The summed E-state index contributed by atoms with van der Waals surface area (Å²) in [7, 11) is 0. The van der Waals surface area contributed by atoms with E-state index in [1.54, 1.807) is 6.92 Å².